The van der Waals surface area contributed by atoms with Gasteiger partial charge in [0, 0.05) is 16.8 Å². The van der Waals surface area contributed by atoms with Crippen LogP contribution in [0, 0.1) is 27.7 Å². The summed E-state index contributed by atoms with van der Waals surface area (Å²) >= 11 is 0. The Balaban J connectivity index is 1.25. The van der Waals surface area contributed by atoms with E-state index in [0.29, 0.717) is 61.5 Å². The second kappa shape index (κ2) is 15.8. The van der Waals surface area contributed by atoms with E-state index in [9.17, 15) is 40.9 Å². The van der Waals surface area contributed by atoms with E-state index < -0.39 is 47.4 Å². The number of nitrogens with zero attached hydrogens (tertiary/aromatic N) is 6. The number of benzene rings is 6. The summed E-state index contributed by atoms with van der Waals surface area (Å²) in [7, 11) is -9.64. The van der Waals surface area contributed by atoms with Crippen LogP contribution in [0.2, 0.25) is 0 Å². The SMILES string of the molecule is Cc1cc(N=Nc2ccc(C(=O)O)cc2S(=O)(=O)O)c(C)cc1N=Nc1cc(C)c(N=Nc2c(S(=O)(=O)O)cc3cc(Nc4ccccc4)ccc3c2O)cc1C. The third-order valence-corrected chi connectivity index (χ3v) is 10.4. The summed E-state index contributed by atoms with van der Waals surface area (Å²) < 4.78 is 68.4. The molecule has 0 aliphatic heterocycles. The van der Waals surface area contributed by atoms with Crippen LogP contribution in [0.3, 0.4) is 0 Å². The molecule has 0 atom stereocenters. The molecule has 0 heterocycles. The number of aromatic hydroxyl groups is 1. The van der Waals surface area contributed by atoms with Gasteiger partial charge in [-0.25, -0.2) is 4.79 Å². The van der Waals surface area contributed by atoms with Crippen LogP contribution in [-0.4, -0.2) is 42.1 Å². The van der Waals surface area contributed by atoms with Gasteiger partial charge in [0.05, 0.1) is 28.3 Å². The molecule has 0 aliphatic carbocycles. The molecule has 290 valence electrons. The number of rotatable bonds is 11. The number of carbonyl (C=O) groups is 1. The van der Waals surface area contributed by atoms with Crippen molar-refractivity contribution < 1.29 is 40.9 Å². The first-order valence-corrected chi connectivity index (χ1v) is 19.7. The topological polar surface area (TPSA) is 252 Å². The monoisotopic (exact) mass is 807 g/mol. The second-order valence-corrected chi connectivity index (χ2v) is 15.7. The molecule has 6 rings (SSSR count). The van der Waals surface area contributed by atoms with Crippen LogP contribution in [0.5, 0.6) is 5.75 Å². The highest BCUT2D eigenvalue weighted by molar-refractivity contribution is 7.86. The molecule has 5 N–H and O–H groups in total. The van der Waals surface area contributed by atoms with Crippen molar-refractivity contribution in [3.8, 4) is 5.75 Å². The molecule has 0 fully saturated rings. The van der Waals surface area contributed by atoms with Crippen LogP contribution >= 0.6 is 0 Å². The summed E-state index contributed by atoms with van der Waals surface area (Å²) in [4.78, 5) is 9.97. The van der Waals surface area contributed by atoms with Gasteiger partial charge in [-0.3, -0.25) is 9.11 Å². The lowest BCUT2D eigenvalue weighted by Crippen LogP contribution is -2.02. The highest BCUT2D eigenvalue weighted by Crippen LogP contribution is 2.43. The Morgan fingerprint density at radius 1 is 0.544 bits per heavy atom. The maximum absolute atomic E-state index is 12.5. The average Bonchev–Trinajstić information content (AvgIpc) is 3.14. The molecule has 0 radical (unpaired) electrons. The van der Waals surface area contributed by atoms with Crippen molar-refractivity contribution in [3.05, 3.63) is 125 Å². The molecule has 0 spiro atoms. The minimum absolute atomic E-state index is 0.254. The van der Waals surface area contributed by atoms with Crippen molar-refractivity contribution in [1.29, 1.82) is 0 Å². The van der Waals surface area contributed by atoms with Gasteiger partial charge in [0.1, 0.15) is 21.2 Å². The Bertz CT molecular complexity index is 2920. The van der Waals surface area contributed by atoms with Crippen LogP contribution < -0.4 is 5.32 Å². The number of hydrogen-bond acceptors (Lipinski definition) is 13. The number of azo groups is 3. The van der Waals surface area contributed by atoms with Gasteiger partial charge in [0.25, 0.3) is 20.2 Å². The van der Waals surface area contributed by atoms with E-state index >= 15 is 0 Å². The maximum atomic E-state index is 12.5. The largest absolute Gasteiger partial charge is 0.505 e. The average molecular weight is 808 g/mol. The zero-order valence-corrected chi connectivity index (χ0v) is 32.2. The van der Waals surface area contributed by atoms with Crippen molar-refractivity contribution in [1.82, 2.24) is 0 Å². The predicted octanol–water partition coefficient (Wildman–Crippen LogP) is 11.0. The number of nitrogens with one attached hydrogen (secondary N) is 1. The Labute approximate surface area is 326 Å². The fraction of sp³-hybridized carbons (Fsp3) is 0.103. The lowest BCUT2D eigenvalue weighted by molar-refractivity contribution is 0.0696. The standard InChI is InChI=1S/C39H33N7O9S2/c1-21-15-32(22(2)14-31(21)42-41-30-13-10-25(39(48)49)19-35(30)56(50,51)52)43-44-33-16-24(4)34(17-23(33)3)45-46-37-36(57(53,54)55)20-26-18-28(11-12-29(26)38(37)47)40-27-8-6-5-7-9-27/h5-20,40,47H,1-4H3,(H,48,49)(H,50,51,52)(H,53,54,55). The Morgan fingerprint density at radius 2 is 1.04 bits per heavy atom. The first-order valence-electron chi connectivity index (χ1n) is 16.8. The molecule has 6 aromatic carbocycles. The van der Waals surface area contributed by atoms with E-state index in [2.05, 4.69) is 36.0 Å². The fourth-order valence-corrected chi connectivity index (χ4v) is 6.98. The molecule has 0 unspecified atom stereocenters. The van der Waals surface area contributed by atoms with E-state index in [1.54, 1.807) is 70.2 Å². The molecular formula is C39H33N7O9S2. The first-order chi connectivity index (χ1) is 26.9. The van der Waals surface area contributed by atoms with E-state index in [4.69, 9.17) is 0 Å². The number of aryl methyl sites for hydroxylation is 4. The van der Waals surface area contributed by atoms with Crippen LogP contribution in [0.25, 0.3) is 10.8 Å². The van der Waals surface area contributed by atoms with Crippen LogP contribution in [0.15, 0.2) is 138 Å². The minimum atomic E-state index is -4.84. The molecule has 0 saturated carbocycles. The van der Waals surface area contributed by atoms with Crippen LogP contribution in [-0.2, 0) is 20.2 Å². The normalized spacial score (nSPS) is 12.3. The molecule has 16 nitrogen and oxygen atoms in total. The highest BCUT2D eigenvalue weighted by Gasteiger charge is 2.23. The van der Waals surface area contributed by atoms with Gasteiger partial charge in [-0.05, 0) is 134 Å². The summed E-state index contributed by atoms with van der Waals surface area (Å²) in [5, 5.41) is 49.4. The van der Waals surface area contributed by atoms with E-state index in [0.717, 1.165) is 23.9 Å². The molecule has 0 aliphatic rings. The molecule has 18 heteroatoms. The summed E-state index contributed by atoms with van der Waals surface area (Å²) in [6.07, 6.45) is 0. The zero-order chi connectivity index (χ0) is 41.2. The number of aromatic carboxylic acids is 1. The lowest BCUT2D eigenvalue weighted by Gasteiger charge is -2.12. The van der Waals surface area contributed by atoms with Gasteiger partial charge < -0.3 is 15.5 Å². The smallest absolute Gasteiger partial charge is 0.335 e. The van der Waals surface area contributed by atoms with Crippen LogP contribution in [0.4, 0.5) is 45.5 Å². The number of phenolic OH excluding ortho intramolecular Hbond substituents is 1. The van der Waals surface area contributed by atoms with Crippen LogP contribution in [0.1, 0.15) is 32.6 Å². The first kappa shape index (κ1) is 39.9. The number of anilines is 2. The number of para-hydroxylation sites is 1. The Hall–Kier alpha value is -6.73. The second-order valence-electron chi connectivity index (χ2n) is 12.9. The van der Waals surface area contributed by atoms with Gasteiger partial charge in [0.2, 0.25) is 0 Å². The quantitative estimate of drug-likeness (QED) is 0.0611. The zero-order valence-electron chi connectivity index (χ0n) is 30.6. The number of carboxylic acid groups (broad SMARTS) is 1. The summed E-state index contributed by atoms with van der Waals surface area (Å²) in [5.74, 6) is -1.86. The number of carboxylic acids is 1. The molecule has 0 aromatic heterocycles. The molecule has 0 saturated heterocycles. The van der Waals surface area contributed by atoms with Gasteiger partial charge in [-0.1, -0.05) is 18.2 Å². The number of phenols is 1. The van der Waals surface area contributed by atoms with Crippen molar-refractivity contribution in [2.75, 3.05) is 5.32 Å². The molecule has 57 heavy (non-hydrogen) atoms. The third-order valence-electron chi connectivity index (χ3n) is 8.69. The highest BCUT2D eigenvalue weighted by atomic mass is 32.2. The Morgan fingerprint density at radius 3 is 1.53 bits per heavy atom. The van der Waals surface area contributed by atoms with Gasteiger partial charge in [-0.2, -0.15) is 37.3 Å². The van der Waals surface area contributed by atoms with Gasteiger partial charge in [-0.15, -0.1) is 10.2 Å². The summed E-state index contributed by atoms with van der Waals surface area (Å²) in [6.45, 7) is 6.97. The molecule has 0 bridgehead atoms. The molecular weight excluding hydrogens is 775 g/mol. The lowest BCUT2D eigenvalue weighted by atomic mass is 10.1. The number of fused-ring (bicyclic) bond motifs is 1. The minimum Gasteiger partial charge on any atom is -0.505 e. The predicted molar refractivity (Wildman–Crippen MR) is 213 cm³/mol. The van der Waals surface area contributed by atoms with E-state index in [1.807, 2.05) is 30.3 Å². The molecule has 0 amide bonds. The van der Waals surface area contributed by atoms with Crippen molar-refractivity contribution in [2.45, 2.75) is 37.5 Å². The Kier molecular flexibility index (Phi) is 11.1. The van der Waals surface area contributed by atoms with Gasteiger partial charge in [0.15, 0.2) is 5.75 Å². The van der Waals surface area contributed by atoms with Crippen molar-refractivity contribution in [2.24, 2.45) is 30.7 Å². The maximum Gasteiger partial charge on any atom is 0.335 e. The molecule has 6 aromatic rings. The van der Waals surface area contributed by atoms with Crippen molar-refractivity contribution >= 4 is 82.5 Å². The summed E-state index contributed by atoms with van der Waals surface area (Å²) in [5.41, 5.74) is 4.53. The number of hydrogen-bond donors (Lipinski definition) is 5. The third kappa shape index (κ3) is 9.05. The van der Waals surface area contributed by atoms with Crippen molar-refractivity contribution in [3.63, 3.8) is 0 Å². The fourth-order valence-electron chi connectivity index (χ4n) is 5.67. The van der Waals surface area contributed by atoms with Gasteiger partial charge >= 0.3 is 5.97 Å². The van der Waals surface area contributed by atoms with E-state index in [-0.39, 0.29) is 11.3 Å². The van der Waals surface area contributed by atoms with E-state index in [1.165, 1.54) is 6.07 Å². The summed E-state index contributed by atoms with van der Waals surface area (Å²) in [6, 6.07) is 25.2.